The van der Waals surface area contributed by atoms with E-state index in [9.17, 15) is 19.1 Å². The maximum atomic E-state index is 13.5. The van der Waals surface area contributed by atoms with Gasteiger partial charge in [-0.15, -0.1) is 0 Å². The minimum absolute atomic E-state index is 0.0294. The Balaban J connectivity index is 2.01. The molecule has 0 aliphatic carbocycles. The molecule has 3 rings (SSSR count). The molecule has 2 aliphatic rings. The molecule has 2 fully saturated rings. The van der Waals surface area contributed by atoms with Gasteiger partial charge in [0, 0.05) is 32.0 Å². The summed E-state index contributed by atoms with van der Waals surface area (Å²) in [6, 6.07) is 6.00. The first kappa shape index (κ1) is 17.8. The zero-order valence-corrected chi connectivity index (χ0v) is 14.3. The van der Waals surface area contributed by atoms with Gasteiger partial charge in [-0.2, -0.15) is 0 Å². The molecule has 0 aromatic heterocycles. The molecule has 0 bridgehead atoms. The topological polar surface area (TPSA) is 81.7 Å². The monoisotopic (exact) mass is 349 g/mol. The molecule has 0 saturated carbocycles. The summed E-state index contributed by atoms with van der Waals surface area (Å²) in [5.41, 5.74) is -0.382. The fraction of sp³-hybridized carbons (Fsp3) is 0.556. The van der Waals surface area contributed by atoms with Crippen molar-refractivity contribution in [1.82, 2.24) is 15.5 Å². The van der Waals surface area contributed by atoms with Crippen LogP contribution in [0.2, 0.25) is 0 Å². The van der Waals surface area contributed by atoms with Crippen molar-refractivity contribution in [3.63, 3.8) is 0 Å². The van der Waals surface area contributed by atoms with Gasteiger partial charge < -0.3 is 15.7 Å². The molecule has 6 nitrogen and oxygen atoms in total. The van der Waals surface area contributed by atoms with Gasteiger partial charge in [-0.05, 0) is 43.6 Å². The lowest BCUT2D eigenvalue weighted by molar-refractivity contribution is -0.134. The van der Waals surface area contributed by atoms with E-state index in [1.165, 1.54) is 19.2 Å². The Morgan fingerprint density at radius 3 is 2.44 bits per heavy atom. The predicted molar refractivity (Wildman–Crippen MR) is 91.1 cm³/mol. The van der Waals surface area contributed by atoms with Crippen LogP contribution < -0.4 is 10.6 Å². The van der Waals surface area contributed by atoms with Crippen molar-refractivity contribution >= 4 is 11.9 Å². The summed E-state index contributed by atoms with van der Waals surface area (Å²) < 4.78 is 13.3. The summed E-state index contributed by atoms with van der Waals surface area (Å²) in [6.07, 6.45) is 0.298. The molecule has 0 spiro atoms. The van der Waals surface area contributed by atoms with E-state index in [-0.39, 0.29) is 30.0 Å². The highest BCUT2D eigenvalue weighted by molar-refractivity contribution is 5.95. The van der Waals surface area contributed by atoms with Crippen LogP contribution in [0.1, 0.15) is 24.3 Å². The Morgan fingerprint density at radius 1 is 1.20 bits per heavy atom. The fourth-order valence-electron chi connectivity index (χ4n) is 4.17. The number of amides is 1. The number of likely N-dealkylation sites (N-methyl/N-ethyl adjacent to an activating group) is 1. The largest absolute Gasteiger partial charge is 0.465 e. The third-order valence-electron chi connectivity index (χ3n) is 5.61. The number of piperidine rings is 1. The smallest absolute Gasteiger partial charge is 0.407 e. The van der Waals surface area contributed by atoms with Crippen LogP contribution in [0.5, 0.6) is 0 Å². The second kappa shape index (κ2) is 7.09. The van der Waals surface area contributed by atoms with Gasteiger partial charge in [-0.25, -0.2) is 9.18 Å². The third kappa shape index (κ3) is 3.14. The van der Waals surface area contributed by atoms with Crippen molar-refractivity contribution in [2.75, 3.05) is 33.2 Å². The van der Waals surface area contributed by atoms with Crippen LogP contribution in [0.25, 0.3) is 0 Å². The average Bonchev–Trinajstić information content (AvgIpc) is 3.07. The highest BCUT2D eigenvalue weighted by Crippen LogP contribution is 2.40. The van der Waals surface area contributed by atoms with Gasteiger partial charge in [0.25, 0.3) is 0 Å². The van der Waals surface area contributed by atoms with Crippen LogP contribution in [0.4, 0.5) is 9.18 Å². The number of hydrogen-bond acceptors (Lipinski definition) is 4. The molecular formula is C18H24FN3O3. The minimum atomic E-state index is -1.16. The van der Waals surface area contributed by atoms with E-state index in [0.717, 1.165) is 23.6 Å². The number of hydrogen-bond donors (Lipinski definition) is 3. The highest BCUT2D eigenvalue weighted by Gasteiger charge is 2.55. The highest BCUT2D eigenvalue weighted by atomic mass is 19.1. The van der Waals surface area contributed by atoms with E-state index < -0.39 is 11.6 Å². The number of carboxylic acid groups (broad SMARTS) is 1. The Morgan fingerprint density at radius 2 is 1.84 bits per heavy atom. The number of rotatable bonds is 4. The van der Waals surface area contributed by atoms with Gasteiger partial charge in [0.15, 0.2) is 5.78 Å². The fourth-order valence-corrected chi connectivity index (χ4v) is 4.17. The quantitative estimate of drug-likeness (QED) is 0.766. The van der Waals surface area contributed by atoms with Crippen LogP contribution in [0, 0.1) is 11.7 Å². The summed E-state index contributed by atoms with van der Waals surface area (Å²) in [7, 11) is 1.46. The van der Waals surface area contributed by atoms with Crippen molar-refractivity contribution in [1.29, 1.82) is 0 Å². The van der Waals surface area contributed by atoms with E-state index in [1.807, 2.05) is 0 Å². The number of Topliss-reactive ketones (excluding diaryl/α,β-unsaturated/α-hetero) is 1. The van der Waals surface area contributed by atoms with Crippen molar-refractivity contribution in [3.8, 4) is 0 Å². The lowest BCUT2D eigenvalue weighted by atomic mass is 9.72. The Bertz CT molecular complexity index is 645. The average molecular weight is 349 g/mol. The van der Waals surface area contributed by atoms with Gasteiger partial charge in [0.1, 0.15) is 11.4 Å². The molecule has 0 radical (unpaired) electrons. The van der Waals surface area contributed by atoms with E-state index in [1.54, 1.807) is 12.1 Å². The molecule has 0 unspecified atom stereocenters. The first-order chi connectivity index (χ1) is 12.0. The Labute approximate surface area is 146 Å². The van der Waals surface area contributed by atoms with Gasteiger partial charge in [0.2, 0.25) is 0 Å². The molecule has 1 amide bonds. The third-order valence-corrected chi connectivity index (χ3v) is 5.61. The molecule has 2 saturated heterocycles. The SMILES string of the molecule is CN(C(=O)O)[C@]1(C(=O)C2CCNCC2)CNC[C@H]1c1ccc(F)cc1. The molecule has 1 aromatic carbocycles. The summed E-state index contributed by atoms with van der Waals surface area (Å²) in [4.78, 5) is 26.4. The molecule has 25 heavy (non-hydrogen) atoms. The van der Waals surface area contributed by atoms with Crippen LogP contribution >= 0.6 is 0 Å². The molecule has 7 heteroatoms. The normalized spacial score (nSPS) is 27.2. The zero-order chi connectivity index (χ0) is 18.0. The molecule has 3 N–H and O–H groups in total. The first-order valence-electron chi connectivity index (χ1n) is 8.65. The van der Waals surface area contributed by atoms with E-state index in [0.29, 0.717) is 19.4 Å². The minimum Gasteiger partial charge on any atom is -0.465 e. The first-order valence-corrected chi connectivity index (χ1v) is 8.65. The number of ketones is 1. The lowest BCUT2D eigenvalue weighted by Crippen LogP contribution is -2.61. The second-order valence-corrected chi connectivity index (χ2v) is 6.89. The molecular weight excluding hydrogens is 325 g/mol. The standard InChI is InChI=1S/C18H24FN3O3/c1-22(17(24)25)18(16(23)13-6-8-20-9-7-13)11-21-10-15(18)12-2-4-14(19)5-3-12/h2-5,13,15,20-21H,6-11H2,1H3,(H,24,25)/t15-,18+/m0/s1. The zero-order valence-electron chi connectivity index (χ0n) is 14.3. The molecule has 2 heterocycles. The molecule has 2 aliphatic heterocycles. The number of halogens is 1. The Kier molecular flexibility index (Phi) is 5.06. The molecule has 1 aromatic rings. The van der Waals surface area contributed by atoms with E-state index in [4.69, 9.17) is 0 Å². The van der Waals surface area contributed by atoms with Gasteiger partial charge >= 0.3 is 6.09 Å². The van der Waals surface area contributed by atoms with Crippen molar-refractivity contribution in [2.24, 2.45) is 5.92 Å². The van der Waals surface area contributed by atoms with Crippen LogP contribution in [0.3, 0.4) is 0 Å². The maximum Gasteiger partial charge on any atom is 0.407 e. The van der Waals surface area contributed by atoms with Gasteiger partial charge in [-0.1, -0.05) is 12.1 Å². The second-order valence-electron chi connectivity index (χ2n) is 6.89. The summed E-state index contributed by atoms with van der Waals surface area (Å²) in [6.45, 7) is 2.29. The van der Waals surface area contributed by atoms with Gasteiger partial charge in [-0.3, -0.25) is 9.69 Å². The predicted octanol–water partition coefficient (Wildman–Crippen LogP) is 1.43. The number of nitrogens with zero attached hydrogens (tertiary/aromatic N) is 1. The number of benzene rings is 1. The Hall–Kier alpha value is -1.99. The number of nitrogens with one attached hydrogen (secondary N) is 2. The van der Waals surface area contributed by atoms with E-state index >= 15 is 0 Å². The summed E-state index contributed by atoms with van der Waals surface area (Å²) >= 11 is 0. The summed E-state index contributed by atoms with van der Waals surface area (Å²) in [5, 5.41) is 16.1. The van der Waals surface area contributed by atoms with Crippen molar-refractivity contribution in [2.45, 2.75) is 24.3 Å². The summed E-state index contributed by atoms with van der Waals surface area (Å²) in [5.74, 6) is -0.878. The lowest BCUT2D eigenvalue weighted by Gasteiger charge is -2.42. The van der Waals surface area contributed by atoms with E-state index in [2.05, 4.69) is 10.6 Å². The van der Waals surface area contributed by atoms with Crippen LogP contribution in [-0.4, -0.2) is 60.6 Å². The maximum absolute atomic E-state index is 13.5. The van der Waals surface area contributed by atoms with Crippen LogP contribution in [-0.2, 0) is 4.79 Å². The number of carbonyl (C=O) groups is 2. The van der Waals surface area contributed by atoms with Gasteiger partial charge in [0.05, 0.1) is 0 Å². The van der Waals surface area contributed by atoms with Crippen LogP contribution in [0.15, 0.2) is 24.3 Å². The number of carbonyl (C=O) groups excluding carboxylic acids is 1. The molecule has 2 atom stereocenters. The van der Waals surface area contributed by atoms with Crippen molar-refractivity contribution < 1.29 is 19.1 Å². The van der Waals surface area contributed by atoms with Crippen molar-refractivity contribution in [3.05, 3.63) is 35.6 Å². The molecule has 136 valence electrons.